The molecule has 3 nitrogen and oxygen atoms in total. The maximum absolute atomic E-state index is 10.5. The number of halogens is 4. The first-order chi connectivity index (χ1) is 9.66. The normalized spacial score (nSPS) is 19.9. The topological polar surface area (TPSA) is 35.5 Å². The molecular formula is C15H22Br2Cl2N2O. The molecule has 1 atom stereocenters. The van der Waals surface area contributed by atoms with Gasteiger partial charge in [0, 0.05) is 42.3 Å². The molecule has 0 radical (unpaired) electrons. The molecule has 1 aliphatic heterocycles. The van der Waals surface area contributed by atoms with E-state index in [1.54, 1.807) is 0 Å². The Morgan fingerprint density at radius 3 is 2.32 bits per heavy atom. The van der Waals surface area contributed by atoms with E-state index < -0.39 is 0 Å². The average Bonchev–Trinajstić information content (AvgIpc) is 3.27. The highest BCUT2D eigenvalue weighted by Gasteiger charge is 2.33. The van der Waals surface area contributed by atoms with Gasteiger partial charge in [0.25, 0.3) is 0 Å². The summed E-state index contributed by atoms with van der Waals surface area (Å²) < 4.78 is 1.80. The molecule has 0 amide bonds. The number of hydrogen-bond acceptors (Lipinski definition) is 3. The van der Waals surface area contributed by atoms with Gasteiger partial charge in [-0.3, -0.25) is 4.90 Å². The summed E-state index contributed by atoms with van der Waals surface area (Å²) in [6.45, 7) is 4.17. The Kier molecular flexibility index (Phi) is 8.48. The van der Waals surface area contributed by atoms with Gasteiger partial charge in [0.2, 0.25) is 0 Å². The van der Waals surface area contributed by atoms with E-state index in [0.29, 0.717) is 11.8 Å². The zero-order chi connectivity index (χ0) is 14.1. The second-order valence-electron chi connectivity index (χ2n) is 5.77. The van der Waals surface area contributed by atoms with Gasteiger partial charge in [0.15, 0.2) is 0 Å². The van der Waals surface area contributed by atoms with Crippen LogP contribution in [0.5, 0.6) is 5.75 Å². The van der Waals surface area contributed by atoms with E-state index in [0.717, 1.165) is 53.0 Å². The van der Waals surface area contributed by atoms with Crippen molar-refractivity contribution < 1.29 is 5.11 Å². The van der Waals surface area contributed by atoms with Crippen molar-refractivity contribution >= 4 is 56.7 Å². The van der Waals surface area contributed by atoms with Gasteiger partial charge in [-0.25, -0.2) is 0 Å². The van der Waals surface area contributed by atoms with Gasteiger partial charge in [-0.15, -0.1) is 24.8 Å². The molecule has 0 unspecified atom stereocenters. The fourth-order valence-corrected chi connectivity index (χ4v) is 3.92. The average molecular weight is 477 g/mol. The molecule has 0 spiro atoms. The van der Waals surface area contributed by atoms with Gasteiger partial charge in [-0.2, -0.15) is 0 Å². The smallest absolute Gasteiger partial charge is 0.135 e. The zero-order valence-electron chi connectivity index (χ0n) is 12.2. The third-order valence-electron chi connectivity index (χ3n) is 4.29. The summed E-state index contributed by atoms with van der Waals surface area (Å²) in [6, 6.07) is 4.24. The minimum absolute atomic E-state index is 0. The predicted molar refractivity (Wildman–Crippen MR) is 103 cm³/mol. The van der Waals surface area contributed by atoms with Gasteiger partial charge in [0.1, 0.15) is 5.75 Å². The molecule has 0 aromatic heterocycles. The van der Waals surface area contributed by atoms with E-state index >= 15 is 0 Å². The molecule has 1 heterocycles. The van der Waals surface area contributed by atoms with Crippen molar-refractivity contribution in [2.75, 3.05) is 26.2 Å². The van der Waals surface area contributed by atoms with Crippen LogP contribution in [0.2, 0.25) is 0 Å². The number of piperazine rings is 1. The van der Waals surface area contributed by atoms with Crippen LogP contribution in [-0.2, 0) is 0 Å². The molecule has 1 saturated carbocycles. The first-order valence-electron chi connectivity index (χ1n) is 7.28. The molecule has 1 aromatic carbocycles. The van der Waals surface area contributed by atoms with E-state index in [4.69, 9.17) is 0 Å². The minimum atomic E-state index is 0. The maximum atomic E-state index is 10.5. The fraction of sp³-hybridized carbons (Fsp3) is 0.600. The van der Waals surface area contributed by atoms with Crippen LogP contribution < -0.4 is 5.32 Å². The molecule has 1 aliphatic carbocycles. The monoisotopic (exact) mass is 474 g/mol. The second-order valence-corrected chi connectivity index (χ2v) is 7.48. The van der Waals surface area contributed by atoms with Crippen molar-refractivity contribution in [2.24, 2.45) is 5.92 Å². The molecule has 1 saturated heterocycles. The van der Waals surface area contributed by atoms with Gasteiger partial charge >= 0.3 is 0 Å². The highest BCUT2D eigenvalue weighted by molar-refractivity contribution is 9.11. The third-order valence-corrected chi connectivity index (χ3v) is 5.63. The summed E-state index contributed by atoms with van der Waals surface area (Å²) in [5.41, 5.74) is 1.05. The Morgan fingerprint density at radius 1 is 1.14 bits per heavy atom. The van der Waals surface area contributed by atoms with Crippen LogP contribution in [-0.4, -0.2) is 36.2 Å². The number of rotatable bonds is 4. The van der Waals surface area contributed by atoms with Gasteiger partial charge in [-0.1, -0.05) is 28.8 Å². The molecule has 126 valence electrons. The number of benzene rings is 1. The summed E-state index contributed by atoms with van der Waals surface area (Å²) in [7, 11) is 0. The lowest BCUT2D eigenvalue weighted by molar-refractivity contribution is 0.157. The van der Waals surface area contributed by atoms with Crippen LogP contribution >= 0.6 is 56.7 Å². The second kappa shape index (κ2) is 9.09. The summed E-state index contributed by atoms with van der Waals surface area (Å²) in [6.07, 6.45) is 3.84. The Hall–Kier alpha value is 0.480. The lowest BCUT2D eigenvalue weighted by atomic mass is 9.97. The van der Waals surface area contributed by atoms with Crippen molar-refractivity contribution in [3.8, 4) is 5.75 Å². The van der Waals surface area contributed by atoms with E-state index in [1.165, 1.54) is 12.8 Å². The molecule has 2 N–H and O–H groups in total. The Bertz CT molecular complexity index is 495. The molecule has 2 fully saturated rings. The van der Waals surface area contributed by atoms with Crippen LogP contribution in [0.1, 0.15) is 30.9 Å². The maximum Gasteiger partial charge on any atom is 0.135 e. The van der Waals surface area contributed by atoms with E-state index in [1.807, 2.05) is 12.1 Å². The largest absolute Gasteiger partial charge is 0.506 e. The van der Waals surface area contributed by atoms with E-state index in [-0.39, 0.29) is 24.8 Å². The SMILES string of the molecule is Cl.Cl.Oc1c(Br)ccc(Br)c1[C@H](CC1CC1)N1CCNCC1. The fourth-order valence-electron chi connectivity index (χ4n) is 2.99. The van der Waals surface area contributed by atoms with E-state index in [9.17, 15) is 5.11 Å². The van der Waals surface area contributed by atoms with Crippen molar-refractivity contribution in [2.45, 2.75) is 25.3 Å². The number of phenols is 1. The van der Waals surface area contributed by atoms with Crippen LogP contribution in [0.3, 0.4) is 0 Å². The molecule has 0 bridgehead atoms. The molecular weight excluding hydrogens is 455 g/mol. The standard InChI is InChI=1S/C15H20Br2N2O.2ClH/c16-11-3-4-12(17)15(20)14(11)13(9-10-1-2-10)19-7-5-18-6-8-19;;/h3-4,10,13,18,20H,1-2,5-9H2;2*1H/t13-;;/m0../s1. The van der Waals surface area contributed by atoms with Gasteiger partial charge in [0.05, 0.1) is 4.47 Å². The summed E-state index contributed by atoms with van der Waals surface area (Å²) in [5, 5.41) is 13.9. The Morgan fingerprint density at radius 2 is 1.73 bits per heavy atom. The highest BCUT2D eigenvalue weighted by Crippen LogP contribution is 2.46. The number of hydrogen-bond donors (Lipinski definition) is 2. The van der Waals surface area contributed by atoms with E-state index in [2.05, 4.69) is 42.1 Å². The van der Waals surface area contributed by atoms with Crippen LogP contribution in [0.15, 0.2) is 21.1 Å². The summed E-state index contributed by atoms with van der Waals surface area (Å²) in [4.78, 5) is 2.51. The number of aromatic hydroxyl groups is 1. The Balaban J connectivity index is 0.00000121. The number of nitrogens with one attached hydrogen (secondary N) is 1. The van der Waals surface area contributed by atoms with Gasteiger partial charge < -0.3 is 10.4 Å². The van der Waals surface area contributed by atoms with Gasteiger partial charge in [-0.05, 0) is 40.4 Å². The highest BCUT2D eigenvalue weighted by atomic mass is 79.9. The van der Waals surface area contributed by atoms with Crippen LogP contribution in [0.25, 0.3) is 0 Å². The van der Waals surface area contributed by atoms with Crippen molar-refractivity contribution in [1.29, 1.82) is 0 Å². The van der Waals surface area contributed by atoms with Crippen molar-refractivity contribution in [3.63, 3.8) is 0 Å². The van der Waals surface area contributed by atoms with Crippen molar-refractivity contribution in [1.82, 2.24) is 10.2 Å². The third kappa shape index (κ3) is 4.74. The molecule has 3 rings (SSSR count). The molecule has 1 aromatic rings. The Labute approximate surface area is 161 Å². The quantitative estimate of drug-likeness (QED) is 0.671. The lowest BCUT2D eigenvalue weighted by Gasteiger charge is -2.36. The first-order valence-corrected chi connectivity index (χ1v) is 8.87. The number of nitrogens with zero attached hydrogens (tertiary/aromatic N) is 1. The number of phenolic OH excluding ortho intramolecular Hbond substituents is 1. The molecule has 22 heavy (non-hydrogen) atoms. The summed E-state index contributed by atoms with van der Waals surface area (Å²) >= 11 is 7.09. The lowest BCUT2D eigenvalue weighted by Crippen LogP contribution is -2.45. The zero-order valence-corrected chi connectivity index (χ0v) is 17.0. The minimum Gasteiger partial charge on any atom is -0.506 e. The van der Waals surface area contributed by atoms with Crippen LogP contribution in [0.4, 0.5) is 0 Å². The summed E-state index contributed by atoms with van der Waals surface area (Å²) in [5.74, 6) is 1.23. The van der Waals surface area contributed by atoms with Crippen molar-refractivity contribution in [3.05, 3.63) is 26.6 Å². The first kappa shape index (κ1) is 20.5. The van der Waals surface area contributed by atoms with Crippen LogP contribution in [0, 0.1) is 5.92 Å². The molecule has 7 heteroatoms. The predicted octanol–water partition coefficient (Wildman–Crippen LogP) is 4.51. The molecule has 2 aliphatic rings.